The Morgan fingerprint density at radius 3 is 2.69 bits per heavy atom. The molecule has 1 amide bonds. The first kappa shape index (κ1) is 22.8. The van der Waals surface area contributed by atoms with Gasteiger partial charge in [-0.25, -0.2) is 0 Å². The Balaban J connectivity index is 1.44. The first-order valence-electron chi connectivity index (χ1n) is 10.0. The third kappa shape index (κ3) is 5.17. The Morgan fingerprint density at radius 2 is 2.03 bits per heavy atom. The van der Waals surface area contributed by atoms with E-state index in [9.17, 15) is 18.0 Å². The zero-order chi connectivity index (χ0) is 23.0. The summed E-state index contributed by atoms with van der Waals surface area (Å²) in [6.07, 6.45) is -1.13. The van der Waals surface area contributed by atoms with E-state index in [0.717, 1.165) is 24.5 Å². The maximum atomic E-state index is 13.1. The fraction of sp³-hybridized carbons (Fsp3) is 0.381. The number of alkyl halides is 3. The number of carbonyl (C=O) groups is 1. The van der Waals surface area contributed by atoms with Crippen molar-refractivity contribution in [1.29, 1.82) is 0 Å². The summed E-state index contributed by atoms with van der Waals surface area (Å²) in [5.41, 5.74) is 0.484. The van der Waals surface area contributed by atoms with Crippen LogP contribution in [0.3, 0.4) is 0 Å². The molecule has 1 fully saturated rings. The molecule has 2 aromatic heterocycles. The van der Waals surface area contributed by atoms with Gasteiger partial charge in [0, 0.05) is 22.8 Å². The topological polar surface area (TPSA) is 64.7 Å². The van der Waals surface area contributed by atoms with Crippen molar-refractivity contribution < 1.29 is 18.0 Å². The lowest BCUT2D eigenvalue weighted by atomic mass is 10.1. The van der Waals surface area contributed by atoms with Crippen LogP contribution < -0.4 is 5.32 Å². The standard InChI is InChI=1S/C21H20BrClF3N5O/c1-12(9-31-17(13-6-7-13)8-18(28-31)21(24,25)26)20(32)27-19-15(22)11-30(29-19)10-14-4-2-3-5-16(14)23/h2-5,8,11-13H,6-7,9-10H2,1H3,(H,27,29,32). The van der Waals surface area contributed by atoms with E-state index < -0.39 is 17.8 Å². The van der Waals surface area contributed by atoms with Gasteiger partial charge in [0.25, 0.3) is 0 Å². The van der Waals surface area contributed by atoms with Crippen molar-refractivity contribution >= 4 is 39.3 Å². The minimum absolute atomic E-state index is 0.0473. The summed E-state index contributed by atoms with van der Waals surface area (Å²) in [6, 6.07) is 8.47. The molecule has 6 nitrogen and oxygen atoms in total. The summed E-state index contributed by atoms with van der Waals surface area (Å²) in [4.78, 5) is 12.7. The highest BCUT2D eigenvalue weighted by Crippen LogP contribution is 2.42. The Kier molecular flexibility index (Phi) is 6.35. The molecule has 4 rings (SSSR count). The number of rotatable bonds is 7. The van der Waals surface area contributed by atoms with Crippen LogP contribution in [-0.2, 0) is 24.1 Å². The molecule has 170 valence electrons. The molecular formula is C21H20BrClF3N5O. The van der Waals surface area contributed by atoms with Gasteiger partial charge in [0.1, 0.15) is 0 Å². The van der Waals surface area contributed by atoms with E-state index in [1.54, 1.807) is 23.9 Å². The van der Waals surface area contributed by atoms with Gasteiger partial charge >= 0.3 is 6.18 Å². The van der Waals surface area contributed by atoms with Crippen molar-refractivity contribution in [3.05, 3.63) is 63.0 Å². The summed E-state index contributed by atoms with van der Waals surface area (Å²) in [7, 11) is 0. The van der Waals surface area contributed by atoms with E-state index in [4.69, 9.17) is 11.6 Å². The average molecular weight is 531 g/mol. The Hall–Kier alpha value is -2.33. The molecule has 2 heterocycles. The molecule has 0 saturated heterocycles. The van der Waals surface area contributed by atoms with Gasteiger partial charge < -0.3 is 5.32 Å². The Morgan fingerprint density at radius 1 is 1.31 bits per heavy atom. The molecule has 0 radical (unpaired) electrons. The summed E-state index contributed by atoms with van der Waals surface area (Å²) in [5, 5.41) is 11.4. The van der Waals surface area contributed by atoms with Gasteiger partial charge in [-0.15, -0.1) is 0 Å². The molecule has 0 spiro atoms. The van der Waals surface area contributed by atoms with Crippen LogP contribution in [0, 0.1) is 5.92 Å². The first-order chi connectivity index (χ1) is 15.1. The lowest BCUT2D eigenvalue weighted by Gasteiger charge is -2.13. The number of carbonyl (C=O) groups excluding carboxylic acids is 1. The number of anilines is 1. The largest absolute Gasteiger partial charge is 0.435 e. The smallest absolute Gasteiger partial charge is 0.308 e. The molecule has 1 aliphatic carbocycles. The van der Waals surface area contributed by atoms with Gasteiger partial charge in [-0.2, -0.15) is 23.4 Å². The van der Waals surface area contributed by atoms with Crippen molar-refractivity contribution in [3.63, 3.8) is 0 Å². The highest BCUT2D eigenvalue weighted by molar-refractivity contribution is 9.10. The van der Waals surface area contributed by atoms with Crippen LogP contribution in [0.4, 0.5) is 19.0 Å². The van der Waals surface area contributed by atoms with Crippen molar-refractivity contribution in [2.75, 3.05) is 5.32 Å². The molecule has 11 heteroatoms. The van der Waals surface area contributed by atoms with Crippen LogP contribution in [0.25, 0.3) is 0 Å². The van der Waals surface area contributed by atoms with Gasteiger partial charge in [-0.3, -0.25) is 14.2 Å². The average Bonchev–Trinajstić information content (AvgIpc) is 3.38. The summed E-state index contributed by atoms with van der Waals surface area (Å²) in [6.45, 7) is 2.11. The Labute approximate surface area is 195 Å². The van der Waals surface area contributed by atoms with Crippen molar-refractivity contribution in [3.8, 4) is 0 Å². The predicted octanol–water partition coefficient (Wildman–Crippen LogP) is 5.71. The third-order valence-electron chi connectivity index (χ3n) is 5.24. The van der Waals surface area contributed by atoms with Crippen LogP contribution in [0.2, 0.25) is 5.02 Å². The van der Waals surface area contributed by atoms with E-state index >= 15 is 0 Å². The second kappa shape index (κ2) is 8.90. The van der Waals surface area contributed by atoms with Crippen molar-refractivity contribution in [1.82, 2.24) is 19.6 Å². The lowest BCUT2D eigenvalue weighted by molar-refractivity contribution is -0.141. The number of hydrogen-bond donors (Lipinski definition) is 1. The SMILES string of the molecule is CC(Cn1nc(C(F)(F)F)cc1C1CC1)C(=O)Nc1nn(Cc2ccccc2Cl)cc1Br. The van der Waals surface area contributed by atoms with E-state index in [0.29, 0.717) is 27.6 Å². The lowest BCUT2D eigenvalue weighted by Crippen LogP contribution is -2.26. The highest BCUT2D eigenvalue weighted by atomic mass is 79.9. The van der Waals surface area contributed by atoms with Crippen LogP contribution >= 0.6 is 27.5 Å². The van der Waals surface area contributed by atoms with Crippen LogP contribution in [0.15, 0.2) is 41.0 Å². The second-order valence-corrected chi connectivity index (χ2v) is 9.18. The minimum Gasteiger partial charge on any atom is -0.308 e. The molecule has 1 aliphatic rings. The molecule has 1 N–H and O–H groups in total. The van der Waals surface area contributed by atoms with Gasteiger partial charge in [0.05, 0.1) is 23.5 Å². The first-order valence-corrected chi connectivity index (χ1v) is 11.2. The maximum Gasteiger partial charge on any atom is 0.435 e. The number of halogens is 5. The van der Waals surface area contributed by atoms with Crippen LogP contribution in [0.5, 0.6) is 0 Å². The maximum absolute atomic E-state index is 13.1. The number of aromatic nitrogens is 4. The van der Waals surface area contributed by atoms with E-state index in [1.807, 2.05) is 18.2 Å². The van der Waals surface area contributed by atoms with Gasteiger partial charge in [-0.1, -0.05) is 36.7 Å². The molecule has 1 atom stereocenters. The van der Waals surface area contributed by atoms with Crippen LogP contribution in [0.1, 0.15) is 42.6 Å². The Bertz CT molecular complexity index is 1140. The molecular weight excluding hydrogens is 511 g/mol. The normalized spacial score (nSPS) is 15.1. The highest BCUT2D eigenvalue weighted by Gasteiger charge is 2.38. The molecule has 1 aromatic carbocycles. The zero-order valence-corrected chi connectivity index (χ0v) is 19.4. The molecule has 32 heavy (non-hydrogen) atoms. The molecule has 0 bridgehead atoms. The van der Waals surface area contributed by atoms with E-state index in [-0.39, 0.29) is 18.4 Å². The second-order valence-electron chi connectivity index (χ2n) is 7.91. The number of nitrogens with zero attached hydrogens (tertiary/aromatic N) is 4. The van der Waals surface area contributed by atoms with Crippen molar-refractivity contribution in [2.45, 2.75) is 44.9 Å². The monoisotopic (exact) mass is 529 g/mol. The third-order valence-corrected chi connectivity index (χ3v) is 6.19. The van der Waals surface area contributed by atoms with Crippen molar-refractivity contribution in [2.24, 2.45) is 5.92 Å². The number of amides is 1. The molecule has 0 aliphatic heterocycles. The van der Waals surface area contributed by atoms with E-state index in [1.165, 1.54) is 4.68 Å². The predicted molar refractivity (Wildman–Crippen MR) is 117 cm³/mol. The molecule has 1 saturated carbocycles. The van der Waals surface area contributed by atoms with Crippen LogP contribution in [-0.4, -0.2) is 25.5 Å². The fourth-order valence-electron chi connectivity index (χ4n) is 3.37. The fourth-order valence-corrected chi connectivity index (χ4v) is 3.98. The number of hydrogen-bond acceptors (Lipinski definition) is 3. The van der Waals surface area contributed by atoms with Gasteiger partial charge in [0.2, 0.25) is 5.91 Å². The van der Waals surface area contributed by atoms with Gasteiger partial charge in [-0.05, 0) is 46.5 Å². The summed E-state index contributed by atoms with van der Waals surface area (Å²) < 4.78 is 42.8. The summed E-state index contributed by atoms with van der Waals surface area (Å²) >= 11 is 9.58. The number of nitrogens with one attached hydrogen (secondary N) is 1. The number of benzene rings is 1. The van der Waals surface area contributed by atoms with Gasteiger partial charge in [0.15, 0.2) is 11.5 Å². The molecule has 1 unspecified atom stereocenters. The summed E-state index contributed by atoms with van der Waals surface area (Å²) in [5.74, 6) is -0.579. The zero-order valence-electron chi connectivity index (χ0n) is 17.0. The minimum atomic E-state index is -4.51. The van der Waals surface area contributed by atoms with E-state index in [2.05, 4.69) is 31.4 Å². The quantitative estimate of drug-likeness (QED) is 0.425. The molecule has 3 aromatic rings.